The topological polar surface area (TPSA) is 17.8 Å². The highest BCUT2D eigenvalue weighted by atomic mass is 35.5. The Morgan fingerprint density at radius 3 is 2.26 bits per heavy atom. The summed E-state index contributed by atoms with van der Waals surface area (Å²) in [5.41, 5.74) is -0.438. The summed E-state index contributed by atoms with van der Waals surface area (Å²) in [4.78, 5) is 0. The monoisotopic (exact) mass is 574 g/mol. The number of hydrogen-bond acceptors (Lipinski definition) is 1. The number of hydrogen-bond donors (Lipinski definition) is 0. The number of nitrogens with zero attached hydrogens (tertiary/aromatic N) is 2. The van der Waals surface area contributed by atoms with E-state index in [1.807, 2.05) is 0 Å². The van der Waals surface area contributed by atoms with Crippen LogP contribution < -0.4 is 0 Å². The second kappa shape index (κ2) is 10.3. The molecule has 0 saturated heterocycles. The van der Waals surface area contributed by atoms with Gasteiger partial charge in [-0.05, 0) is 36.4 Å². The van der Waals surface area contributed by atoms with Gasteiger partial charge in [0.15, 0.2) is 0 Å². The Labute approximate surface area is 228 Å². The molecule has 4 aromatic carbocycles. The molecule has 0 aliphatic heterocycles. The van der Waals surface area contributed by atoms with Gasteiger partial charge < -0.3 is 0 Å². The van der Waals surface area contributed by atoms with E-state index in [0.29, 0.717) is 38.9 Å². The molecule has 0 unspecified atom stereocenters. The molecule has 0 radical (unpaired) electrons. The maximum absolute atomic E-state index is 14.5. The van der Waals surface area contributed by atoms with Gasteiger partial charge in [0.2, 0.25) is 0 Å². The van der Waals surface area contributed by atoms with Crippen LogP contribution in [-0.4, -0.2) is 9.78 Å². The zero-order valence-electron chi connectivity index (χ0n) is 19.6. The molecule has 0 atom stereocenters. The molecule has 0 bridgehead atoms. The van der Waals surface area contributed by atoms with E-state index in [-0.39, 0.29) is 11.1 Å². The summed E-state index contributed by atoms with van der Waals surface area (Å²) in [6, 6.07) is 15.9. The van der Waals surface area contributed by atoms with E-state index in [4.69, 9.17) is 23.2 Å². The highest BCUT2D eigenvalue weighted by molar-refractivity contribution is 6.33. The van der Waals surface area contributed by atoms with Crippen molar-refractivity contribution in [3.05, 3.63) is 123 Å². The van der Waals surface area contributed by atoms with Gasteiger partial charge in [0.05, 0.1) is 22.8 Å². The third-order valence-electron chi connectivity index (χ3n) is 5.89. The van der Waals surface area contributed by atoms with Gasteiger partial charge in [-0.3, -0.25) is 4.68 Å². The van der Waals surface area contributed by atoms with Gasteiger partial charge in [-0.1, -0.05) is 59.3 Å². The van der Waals surface area contributed by atoms with Crippen molar-refractivity contribution in [1.29, 1.82) is 0 Å². The van der Waals surface area contributed by atoms with Crippen molar-refractivity contribution in [3.8, 4) is 23.1 Å². The molecule has 0 amide bonds. The molecular formula is C29H14Cl2F6N2. The lowest BCUT2D eigenvalue weighted by Crippen LogP contribution is -2.09. The van der Waals surface area contributed by atoms with Crippen LogP contribution in [0.15, 0.2) is 72.8 Å². The van der Waals surface area contributed by atoms with Crippen molar-refractivity contribution in [3.63, 3.8) is 0 Å². The van der Waals surface area contributed by atoms with Crippen molar-refractivity contribution in [2.24, 2.45) is 0 Å². The SMILES string of the molecule is Fc1cc(F)c(Cn2nc3c(C(F)(F)F)cccc3c2-c2cccc(C#Cc3cc(Cl)ccc3Cl)c2)c(F)c1. The summed E-state index contributed by atoms with van der Waals surface area (Å²) >= 11 is 12.2. The van der Waals surface area contributed by atoms with E-state index in [0.717, 1.165) is 10.7 Å². The zero-order chi connectivity index (χ0) is 27.9. The summed E-state index contributed by atoms with van der Waals surface area (Å²) < 4.78 is 84.9. The first-order chi connectivity index (χ1) is 18.5. The highest BCUT2D eigenvalue weighted by Gasteiger charge is 2.34. The first-order valence-electron chi connectivity index (χ1n) is 11.3. The molecule has 0 N–H and O–H groups in total. The number of fused-ring (bicyclic) bond motifs is 1. The predicted octanol–water partition coefficient (Wildman–Crippen LogP) is 8.89. The summed E-state index contributed by atoms with van der Waals surface area (Å²) in [7, 11) is 0. The first kappa shape index (κ1) is 26.7. The quantitative estimate of drug-likeness (QED) is 0.155. The van der Waals surface area contributed by atoms with Gasteiger partial charge in [0.1, 0.15) is 23.0 Å². The van der Waals surface area contributed by atoms with E-state index in [1.54, 1.807) is 42.5 Å². The van der Waals surface area contributed by atoms with Crippen molar-refractivity contribution in [1.82, 2.24) is 9.78 Å². The van der Waals surface area contributed by atoms with Crippen LogP contribution in [0.2, 0.25) is 10.0 Å². The fourth-order valence-electron chi connectivity index (χ4n) is 4.15. The molecule has 0 aliphatic rings. The molecule has 0 fully saturated rings. The van der Waals surface area contributed by atoms with Crippen molar-refractivity contribution in [2.45, 2.75) is 12.7 Å². The lowest BCUT2D eigenvalue weighted by molar-refractivity contribution is -0.136. The van der Waals surface area contributed by atoms with Crippen LogP contribution in [0.25, 0.3) is 22.2 Å². The molecule has 1 heterocycles. The van der Waals surface area contributed by atoms with Crippen LogP contribution in [0.4, 0.5) is 26.3 Å². The Morgan fingerprint density at radius 1 is 0.821 bits per heavy atom. The zero-order valence-corrected chi connectivity index (χ0v) is 21.1. The highest BCUT2D eigenvalue weighted by Crippen LogP contribution is 2.38. The molecule has 5 aromatic rings. The maximum Gasteiger partial charge on any atom is 0.418 e. The number of alkyl halides is 3. The molecule has 5 rings (SSSR count). The Balaban J connectivity index is 1.69. The number of rotatable bonds is 3. The Hall–Kier alpha value is -3.93. The smallest absolute Gasteiger partial charge is 0.259 e. The Kier molecular flexibility index (Phi) is 7.06. The second-order valence-electron chi connectivity index (χ2n) is 8.51. The Morgan fingerprint density at radius 2 is 1.54 bits per heavy atom. The molecule has 0 saturated carbocycles. The summed E-state index contributed by atoms with van der Waals surface area (Å²) in [5, 5.41) is 5.03. The molecule has 2 nitrogen and oxygen atoms in total. The van der Waals surface area contributed by atoms with Crippen LogP contribution >= 0.6 is 23.2 Å². The summed E-state index contributed by atoms with van der Waals surface area (Å²) in [6.07, 6.45) is -4.73. The normalized spacial score (nSPS) is 11.5. The molecule has 10 heteroatoms. The molecule has 39 heavy (non-hydrogen) atoms. The standard InChI is InChI=1S/C29H14Cl2F6N2/c30-19-9-10-24(31)17(12-19)8-7-16-3-1-4-18(11-16)28-21-5-2-6-23(29(35,36)37)27(21)38-39(28)15-22-25(33)13-20(32)14-26(22)34/h1-6,9-14H,15H2. The minimum absolute atomic E-state index is 0.107. The van der Waals surface area contributed by atoms with Gasteiger partial charge in [-0.25, -0.2) is 13.2 Å². The average molecular weight is 575 g/mol. The van der Waals surface area contributed by atoms with Crippen LogP contribution in [0.3, 0.4) is 0 Å². The third-order valence-corrected chi connectivity index (χ3v) is 6.46. The van der Waals surface area contributed by atoms with Gasteiger partial charge in [-0.15, -0.1) is 0 Å². The van der Waals surface area contributed by atoms with Gasteiger partial charge in [-0.2, -0.15) is 18.3 Å². The number of aromatic nitrogens is 2. The third kappa shape index (κ3) is 5.47. The molecule has 0 spiro atoms. The van der Waals surface area contributed by atoms with E-state index >= 15 is 0 Å². The van der Waals surface area contributed by atoms with Crippen molar-refractivity contribution < 1.29 is 26.3 Å². The first-order valence-corrected chi connectivity index (χ1v) is 12.0. The van der Waals surface area contributed by atoms with Gasteiger partial charge in [0.25, 0.3) is 0 Å². The van der Waals surface area contributed by atoms with Crippen LogP contribution in [0.1, 0.15) is 22.3 Å². The Bertz CT molecular complexity index is 1770. The molecule has 196 valence electrons. The van der Waals surface area contributed by atoms with Crippen LogP contribution in [-0.2, 0) is 12.7 Å². The van der Waals surface area contributed by atoms with Crippen LogP contribution in [0, 0.1) is 29.3 Å². The maximum atomic E-state index is 14.5. The van der Waals surface area contributed by atoms with E-state index < -0.39 is 46.8 Å². The second-order valence-corrected chi connectivity index (χ2v) is 9.35. The minimum atomic E-state index is -4.73. The van der Waals surface area contributed by atoms with E-state index in [2.05, 4.69) is 16.9 Å². The van der Waals surface area contributed by atoms with E-state index in [9.17, 15) is 26.3 Å². The summed E-state index contributed by atoms with van der Waals surface area (Å²) in [6.45, 7) is -0.590. The van der Waals surface area contributed by atoms with E-state index in [1.165, 1.54) is 12.1 Å². The minimum Gasteiger partial charge on any atom is -0.259 e. The van der Waals surface area contributed by atoms with Gasteiger partial charge >= 0.3 is 6.18 Å². The molecular weight excluding hydrogens is 561 g/mol. The largest absolute Gasteiger partial charge is 0.418 e. The van der Waals surface area contributed by atoms with Crippen molar-refractivity contribution >= 4 is 34.1 Å². The fraction of sp³-hybridized carbons (Fsp3) is 0.0690. The summed E-state index contributed by atoms with van der Waals surface area (Å²) in [5.74, 6) is 2.36. The average Bonchev–Trinajstić information content (AvgIpc) is 3.24. The molecule has 0 aliphatic carbocycles. The predicted molar refractivity (Wildman–Crippen MR) is 138 cm³/mol. The van der Waals surface area contributed by atoms with Crippen molar-refractivity contribution in [2.75, 3.05) is 0 Å². The number of halogens is 8. The lowest BCUT2D eigenvalue weighted by atomic mass is 10.0. The molecule has 1 aromatic heterocycles. The lowest BCUT2D eigenvalue weighted by Gasteiger charge is -2.11. The van der Waals surface area contributed by atoms with Gasteiger partial charge in [0, 0.05) is 44.8 Å². The van der Waals surface area contributed by atoms with Crippen LogP contribution in [0.5, 0.6) is 0 Å². The number of benzene rings is 4. The fourth-order valence-corrected chi connectivity index (χ4v) is 4.49.